The van der Waals surface area contributed by atoms with Crippen LogP contribution in [-0.2, 0) is 9.47 Å². The number of unbranched alkanes of at least 4 members (excludes halogenated alkanes) is 1. The summed E-state index contributed by atoms with van der Waals surface area (Å²) in [5.74, 6) is -0.547. The zero-order valence-electron chi connectivity index (χ0n) is 18.4. The van der Waals surface area contributed by atoms with E-state index in [9.17, 15) is 8.78 Å². The molecule has 0 N–H and O–H groups in total. The molecule has 0 amide bonds. The van der Waals surface area contributed by atoms with Crippen LogP contribution in [0.4, 0.5) is 8.78 Å². The molecule has 2 atom stereocenters. The average Bonchev–Trinajstić information content (AvgIpc) is 2.77. The third-order valence-electron chi connectivity index (χ3n) is 6.38. The Labute approximate surface area is 179 Å². The van der Waals surface area contributed by atoms with Crippen LogP contribution in [0.15, 0.2) is 24.3 Å². The number of benzene rings is 1. The van der Waals surface area contributed by atoms with E-state index in [0.29, 0.717) is 31.1 Å². The van der Waals surface area contributed by atoms with E-state index in [0.717, 1.165) is 31.8 Å². The quantitative estimate of drug-likeness (QED) is 0.325. The summed E-state index contributed by atoms with van der Waals surface area (Å²) in [6.07, 6.45) is 12.3. The molecular weight excluding hydrogens is 386 g/mol. The summed E-state index contributed by atoms with van der Waals surface area (Å²) in [6, 6.07) is 3.17. The third kappa shape index (κ3) is 6.27. The molecule has 0 bridgehead atoms. The van der Waals surface area contributed by atoms with Gasteiger partial charge in [0.15, 0.2) is 17.9 Å². The van der Waals surface area contributed by atoms with Crippen molar-refractivity contribution >= 4 is 0 Å². The molecule has 3 rings (SSSR count). The van der Waals surface area contributed by atoms with Crippen molar-refractivity contribution in [2.75, 3.05) is 19.8 Å². The lowest BCUT2D eigenvalue weighted by molar-refractivity contribution is -0.175. The molecular formula is C25H36F2O3. The number of halogens is 2. The van der Waals surface area contributed by atoms with Gasteiger partial charge in [0.25, 0.3) is 0 Å². The lowest BCUT2D eigenvalue weighted by atomic mass is 9.82. The van der Waals surface area contributed by atoms with Crippen LogP contribution in [0.1, 0.15) is 76.7 Å². The third-order valence-corrected chi connectivity index (χ3v) is 6.38. The maximum absolute atomic E-state index is 14.6. The Morgan fingerprint density at radius 1 is 1.07 bits per heavy atom. The fourth-order valence-corrected chi connectivity index (χ4v) is 4.47. The van der Waals surface area contributed by atoms with Crippen LogP contribution in [-0.4, -0.2) is 26.1 Å². The summed E-state index contributed by atoms with van der Waals surface area (Å²) in [5, 5.41) is 0. The van der Waals surface area contributed by atoms with Gasteiger partial charge in [-0.25, -0.2) is 4.39 Å². The second kappa shape index (κ2) is 11.8. The van der Waals surface area contributed by atoms with E-state index in [-0.39, 0.29) is 18.0 Å². The molecule has 168 valence electrons. The molecule has 2 fully saturated rings. The minimum Gasteiger partial charge on any atom is -0.490 e. The van der Waals surface area contributed by atoms with Crippen LogP contribution in [0, 0.1) is 23.5 Å². The molecule has 1 heterocycles. The SMILES string of the molecule is C/C=C/C1CCC(COC2CCC(c3ccc(OCCCC)c(F)c3F)CO2)CC1. The standard InChI is InChI=1S/C25H36F2O3/c1-3-5-15-28-22-13-12-21(24(26)25(22)27)20-11-14-23(30-17-20)29-16-19-9-7-18(6-4-2)8-10-19/h4,6,12-13,18-20,23H,3,5,7-11,14-17H2,1-2H3/b6-4+. The van der Waals surface area contributed by atoms with Crippen LogP contribution < -0.4 is 4.74 Å². The number of hydrogen-bond acceptors (Lipinski definition) is 3. The highest BCUT2D eigenvalue weighted by atomic mass is 19.2. The van der Waals surface area contributed by atoms with Crippen LogP contribution in [0.25, 0.3) is 0 Å². The first-order valence-electron chi connectivity index (χ1n) is 11.6. The van der Waals surface area contributed by atoms with Crippen molar-refractivity contribution in [1.82, 2.24) is 0 Å². The van der Waals surface area contributed by atoms with Gasteiger partial charge in [0.05, 0.1) is 19.8 Å². The van der Waals surface area contributed by atoms with E-state index >= 15 is 0 Å². The van der Waals surface area contributed by atoms with Crippen molar-refractivity contribution in [3.8, 4) is 5.75 Å². The number of hydrogen-bond donors (Lipinski definition) is 0. The highest BCUT2D eigenvalue weighted by Crippen LogP contribution is 2.35. The zero-order valence-corrected chi connectivity index (χ0v) is 18.4. The zero-order chi connectivity index (χ0) is 21.3. The molecule has 1 saturated heterocycles. The Morgan fingerprint density at radius 3 is 2.53 bits per heavy atom. The van der Waals surface area contributed by atoms with Crippen molar-refractivity contribution in [1.29, 1.82) is 0 Å². The second-order valence-corrected chi connectivity index (χ2v) is 8.66. The minimum absolute atomic E-state index is 0.00761. The van der Waals surface area contributed by atoms with E-state index < -0.39 is 11.6 Å². The summed E-state index contributed by atoms with van der Waals surface area (Å²) >= 11 is 0. The van der Waals surface area contributed by atoms with Gasteiger partial charge in [0, 0.05) is 5.92 Å². The lowest BCUT2D eigenvalue weighted by Gasteiger charge is -2.32. The fourth-order valence-electron chi connectivity index (χ4n) is 4.47. The van der Waals surface area contributed by atoms with Crippen molar-refractivity contribution in [3.63, 3.8) is 0 Å². The molecule has 0 aromatic heterocycles. The molecule has 1 aliphatic heterocycles. The van der Waals surface area contributed by atoms with E-state index in [2.05, 4.69) is 19.1 Å². The molecule has 2 unspecified atom stereocenters. The molecule has 0 spiro atoms. The van der Waals surface area contributed by atoms with E-state index in [1.54, 1.807) is 6.07 Å². The summed E-state index contributed by atoms with van der Waals surface area (Å²) in [6.45, 7) is 5.59. The molecule has 0 radical (unpaired) electrons. The average molecular weight is 423 g/mol. The van der Waals surface area contributed by atoms with Gasteiger partial charge in [-0.05, 0) is 75.3 Å². The minimum atomic E-state index is -0.893. The first-order valence-corrected chi connectivity index (χ1v) is 11.6. The van der Waals surface area contributed by atoms with Crippen molar-refractivity contribution < 1.29 is 23.0 Å². The first-order chi connectivity index (χ1) is 14.6. The van der Waals surface area contributed by atoms with Gasteiger partial charge in [-0.15, -0.1) is 0 Å². The molecule has 30 heavy (non-hydrogen) atoms. The van der Waals surface area contributed by atoms with Gasteiger partial charge in [0.2, 0.25) is 5.82 Å². The highest BCUT2D eigenvalue weighted by Gasteiger charge is 2.28. The molecule has 2 aliphatic rings. The van der Waals surface area contributed by atoms with E-state index in [1.807, 2.05) is 6.92 Å². The van der Waals surface area contributed by atoms with Gasteiger partial charge in [0.1, 0.15) is 0 Å². The summed E-state index contributed by atoms with van der Waals surface area (Å²) in [7, 11) is 0. The van der Waals surface area contributed by atoms with Crippen molar-refractivity contribution in [3.05, 3.63) is 41.5 Å². The van der Waals surface area contributed by atoms with E-state index in [4.69, 9.17) is 14.2 Å². The predicted octanol–water partition coefficient (Wildman–Crippen LogP) is 6.76. The van der Waals surface area contributed by atoms with Crippen molar-refractivity contribution in [2.45, 2.75) is 77.4 Å². The second-order valence-electron chi connectivity index (χ2n) is 8.66. The van der Waals surface area contributed by atoms with Gasteiger partial charge in [-0.2, -0.15) is 4.39 Å². The maximum Gasteiger partial charge on any atom is 0.200 e. The van der Waals surface area contributed by atoms with Crippen LogP contribution in [0.5, 0.6) is 5.75 Å². The number of allylic oxidation sites excluding steroid dienone is 2. The smallest absolute Gasteiger partial charge is 0.200 e. The Morgan fingerprint density at radius 2 is 1.87 bits per heavy atom. The summed E-state index contributed by atoms with van der Waals surface area (Å²) in [5.41, 5.74) is 0.371. The number of rotatable bonds is 9. The fraction of sp³-hybridized carbons (Fsp3) is 0.680. The van der Waals surface area contributed by atoms with Gasteiger partial charge in [-0.1, -0.05) is 31.6 Å². The van der Waals surface area contributed by atoms with Gasteiger partial charge >= 0.3 is 0 Å². The summed E-state index contributed by atoms with van der Waals surface area (Å²) < 4.78 is 46.1. The normalized spacial score (nSPS) is 27.5. The molecule has 3 nitrogen and oxygen atoms in total. The largest absolute Gasteiger partial charge is 0.490 e. The topological polar surface area (TPSA) is 27.7 Å². The Kier molecular flexibility index (Phi) is 9.13. The van der Waals surface area contributed by atoms with Gasteiger partial charge < -0.3 is 14.2 Å². The van der Waals surface area contributed by atoms with E-state index in [1.165, 1.54) is 31.7 Å². The summed E-state index contributed by atoms with van der Waals surface area (Å²) in [4.78, 5) is 0. The highest BCUT2D eigenvalue weighted by molar-refractivity contribution is 5.33. The first kappa shape index (κ1) is 23.2. The van der Waals surface area contributed by atoms with Crippen molar-refractivity contribution in [2.24, 2.45) is 11.8 Å². The predicted molar refractivity (Wildman–Crippen MR) is 115 cm³/mol. The maximum atomic E-state index is 14.6. The lowest BCUT2D eigenvalue weighted by Crippen LogP contribution is -2.30. The number of ether oxygens (including phenoxy) is 3. The van der Waals surface area contributed by atoms with Crippen LogP contribution in [0.3, 0.4) is 0 Å². The molecule has 1 aliphatic carbocycles. The molecule has 1 aromatic rings. The Balaban J connectivity index is 1.43. The molecule has 1 saturated carbocycles. The monoisotopic (exact) mass is 422 g/mol. The molecule has 1 aromatic carbocycles. The van der Waals surface area contributed by atoms with Crippen LogP contribution in [0.2, 0.25) is 0 Å². The molecule has 5 heteroatoms. The Bertz CT molecular complexity index is 675. The van der Waals surface area contributed by atoms with Gasteiger partial charge in [-0.3, -0.25) is 0 Å². The van der Waals surface area contributed by atoms with Crippen LogP contribution >= 0.6 is 0 Å². The Hall–Kier alpha value is -1.46.